The number of ether oxygens (including phenoxy) is 1. The summed E-state index contributed by atoms with van der Waals surface area (Å²) in [6, 6.07) is 15.2. The van der Waals surface area contributed by atoms with Crippen molar-refractivity contribution < 1.29 is 9.53 Å². The number of aromatic nitrogens is 2. The Balaban J connectivity index is 1.48. The van der Waals surface area contributed by atoms with Gasteiger partial charge in [0.1, 0.15) is 5.76 Å². The minimum atomic E-state index is -0.143. The number of carbonyl (C=O) groups is 1. The van der Waals surface area contributed by atoms with E-state index < -0.39 is 0 Å². The van der Waals surface area contributed by atoms with E-state index in [1.807, 2.05) is 60.7 Å². The number of pyridine rings is 2. The smallest absolute Gasteiger partial charge is 0.284 e. The number of hydrazone groups is 1. The van der Waals surface area contributed by atoms with E-state index in [0.717, 1.165) is 34.2 Å². The lowest BCUT2D eigenvalue weighted by molar-refractivity contribution is 0.0642. The summed E-state index contributed by atoms with van der Waals surface area (Å²) in [4.78, 5) is 24.1. The molecular formula is C25H22N4O2S. The fraction of sp³-hybridized carbons (Fsp3) is 0.200. The lowest BCUT2D eigenvalue weighted by atomic mass is 9.87. The van der Waals surface area contributed by atoms with Gasteiger partial charge in [-0.15, -0.1) is 11.3 Å². The average molecular weight is 443 g/mol. The molecule has 3 aromatic rings. The molecule has 2 atom stereocenters. The van der Waals surface area contributed by atoms with Crippen molar-refractivity contribution in [3.63, 3.8) is 0 Å². The second kappa shape index (κ2) is 8.88. The molecule has 0 spiro atoms. The number of hydrogen-bond donors (Lipinski definition) is 0. The molecule has 0 aromatic carbocycles. The molecule has 4 heterocycles. The third-order valence-electron chi connectivity index (χ3n) is 5.70. The molecule has 0 saturated carbocycles. The largest absolute Gasteiger partial charge is 0.501 e. The number of rotatable bonds is 5. The number of amides is 1. The van der Waals surface area contributed by atoms with Gasteiger partial charge in [-0.3, -0.25) is 14.8 Å². The fourth-order valence-electron chi connectivity index (χ4n) is 4.13. The molecule has 5 rings (SSSR count). The van der Waals surface area contributed by atoms with Gasteiger partial charge >= 0.3 is 0 Å². The maximum absolute atomic E-state index is 13.6. The van der Waals surface area contributed by atoms with Crippen LogP contribution in [-0.2, 0) is 4.74 Å². The lowest BCUT2D eigenvalue weighted by Gasteiger charge is -2.30. The lowest BCUT2D eigenvalue weighted by Crippen LogP contribution is -2.39. The van der Waals surface area contributed by atoms with Crippen molar-refractivity contribution in [2.75, 3.05) is 7.11 Å². The number of carbonyl (C=O) groups excluding carboxylic acids is 1. The molecule has 1 aliphatic heterocycles. The normalized spacial score (nSPS) is 20.1. The summed E-state index contributed by atoms with van der Waals surface area (Å²) in [7, 11) is 1.68. The summed E-state index contributed by atoms with van der Waals surface area (Å²) in [5.41, 5.74) is 2.46. The number of nitrogens with zero attached hydrogens (tertiary/aromatic N) is 4. The zero-order valence-corrected chi connectivity index (χ0v) is 18.4. The molecule has 1 amide bonds. The Labute approximate surface area is 190 Å². The van der Waals surface area contributed by atoms with E-state index in [1.54, 1.807) is 24.5 Å². The van der Waals surface area contributed by atoms with Crippen molar-refractivity contribution in [3.05, 3.63) is 95.5 Å². The molecule has 6 nitrogen and oxygen atoms in total. The minimum Gasteiger partial charge on any atom is -0.501 e. The van der Waals surface area contributed by atoms with Gasteiger partial charge in [0.15, 0.2) is 0 Å². The summed E-state index contributed by atoms with van der Waals surface area (Å²) in [5.74, 6) is 0.792. The Bertz CT molecular complexity index is 1200. The van der Waals surface area contributed by atoms with Crippen LogP contribution in [0.5, 0.6) is 0 Å². The standard InChI is InChI=1S/C25H22N4O2S/c1-31-22-11-3-2-8-17(22)21-16-20(18-9-4-6-14-26-18)28-29(21)25(30)24-13-12-23(32-24)19-10-5-7-15-27-19/h2-7,9-15,17,21H,8,16H2,1H3. The molecule has 2 unspecified atom stereocenters. The van der Waals surface area contributed by atoms with Gasteiger partial charge in [-0.25, -0.2) is 5.01 Å². The Morgan fingerprint density at radius 2 is 1.84 bits per heavy atom. The number of allylic oxidation sites excluding steroid dienone is 3. The van der Waals surface area contributed by atoms with E-state index in [-0.39, 0.29) is 17.9 Å². The zero-order chi connectivity index (χ0) is 21.9. The molecule has 1 aliphatic carbocycles. The van der Waals surface area contributed by atoms with Gasteiger partial charge < -0.3 is 4.74 Å². The Kier molecular flexibility index (Phi) is 5.64. The number of hydrogen-bond acceptors (Lipinski definition) is 6. The Hall–Kier alpha value is -3.58. The van der Waals surface area contributed by atoms with Gasteiger partial charge in [0.2, 0.25) is 0 Å². The molecule has 0 bridgehead atoms. The summed E-state index contributed by atoms with van der Waals surface area (Å²) >= 11 is 1.43. The van der Waals surface area contributed by atoms with Crippen LogP contribution >= 0.6 is 11.3 Å². The van der Waals surface area contributed by atoms with E-state index >= 15 is 0 Å². The van der Waals surface area contributed by atoms with Crippen molar-refractivity contribution in [1.29, 1.82) is 0 Å². The maximum Gasteiger partial charge on any atom is 0.284 e. The van der Waals surface area contributed by atoms with Crippen molar-refractivity contribution in [2.24, 2.45) is 11.0 Å². The van der Waals surface area contributed by atoms with Crippen LogP contribution in [0.4, 0.5) is 0 Å². The highest BCUT2D eigenvalue weighted by Gasteiger charge is 2.40. The highest BCUT2D eigenvalue weighted by Crippen LogP contribution is 2.36. The van der Waals surface area contributed by atoms with Gasteiger partial charge in [-0.2, -0.15) is 5.10 Å². The third-order valence-corrected chi connectivity index (χ3v) is 6.80. The minimum absolute atomic E-state index is 0.0362. The Morgan fingerprint density at radius 1 is 1.06 bits per heavy atom. The summed E-state index contributed by atoms with van der Waals surface area (Å²) < 4.78 is 5.65. The van der Waals surface area contributed by atoms with Crippen LogP contribution in [0.3, 0.4) is 0 Å². The molecule has 3 aromatic heterocycles. The van der Waals surface area contributed by atoms with Crippen molar-refractivity contribution in [1.82, 2.24) is 15.0 Å². The third kappa shape index (κ3) is 3.87. The van der Waals surface area contributed by atoms with Gasteiger partial charge in [0.25, 0.3) is 5.91 Å². The predicted octanol–water partition coefficient (Wildman–Crippen LogP) is 4.93. The molecule has 160 valence electrons. The molecule has 0 fully saturated rings. The zero-order valence-electron chi connectivity index (χ0n) is 17.6. The van der Waals surface area contributed by atoms with E-state index in [1.165, 1.54) is 11.3 Å². The summed E-state index contributed by atoms with van der Waals surface area (Å²) in [5, 5.41) is 6.40. The van der Waals surface area contributed by atoms with E-state index in [4.69, 9.17) is 9.84 Å². The highest BCUT2D eigenvalue weighted by atomic mass is 32.1. The Morgan fingerprint density at radius 3 is 2.56 bits per heavy atom. The first-order chi connectivity index (χ1) is 15.7. The topological polar surface area (TPSA) is 67.7 Å². The van der Waals surface area contributed by atoms with Gasteiger partial charge in [-0.05, 0) is 48.9 Å². The van der Waals surface area contributed by atoms with Crippen LogP contribution in [0, 0.1) is 5.92 Å². The van der Waals surface area contributed by atoms with E-state index in [2.05, 4.69) is 16.0 Å². The van der Waals surface area contributed by atoms with Gasteiger partial charge in [0.05, 0.1) is 40.0 Å². The molecular weight excluding hydrogens is 420 g/mol. The fourth-order valence-corrected chi connectivity index (χ4v) is 5.05. The first kappa shape index (κ1) is 20.3. The SMILES string of the molecule is COC1=CC=CCC1C1CC(c2ccccn2)=NN1C(=O)c1ccc(-c2ccccn2)s1. The van der Waals surface area contributed by atoms with Crippen LogP contribution < -0.4 is 0 Å². The van der Waals surface area contributed by atoms with Crippen molar-refractivity contribution in [2.45, 2.75) is 18.9 Å². The molecule has 0 N–H and O–H groups in total. The maximum atomic E-state index is 13.6. The van der Waals surface area contributed by atoms with Crippen molar-refractivity contribution in [3.8, 4) is 10.6 Å². The number of thiophene rings is 1. The van der Waals surface area contributed by atoms with Gasteiger partial charge in [0, 0.05) is 24.7 Å². The monoisotopic (exact) mass is 442 g/mol. The van der Waals surface area contributed by atoms with Crippen LogP contribution in [0.15, 0.2) is 90.0 Å². The van der Waals surface area contributed by atoms with Gasteiger partial charge in [-0.1, -0.05) is 24.3 Å². The molecule has 32 heavy (non-hydrogen) atoms. The first-order valence-electron chi connectivity index (χ1n) is 10.5. The summed E-state index contributed by atoms with van der Waals surface area (Å²) in [6.07, 6.45) is 11.0. The quantitative estimate of drug-likeness (QED) is 0.562. The molecule has 7 heteroatoms. The van der Waals surface area contributed by atoms with Crippen LogP contribution in [-0.4, -0.2) is 39.7 Å². The van der Waals surface area contributed by atoms with E-state index in [0.29, 0.717) is 11.3 Å². The second-order valence-corrected chi connectivity index (χ2v) is 8.69. The molecule has 0 radical (unpaired) electrons. The number of methoxy groups -OCH3 is 1. The van der Waals surface area contributed by atoms with E-state index in [9.17, 15) is 4.79 Å². The second-order valence-electron chi connectivity index (χ2n) is 7.61. The highest BCUT2D eigenvalue weighted by molar-refractivity contribution is 7.17. The predicted molar refractivity (Wildman–Crippen MR) is 125 cm³/mol. The first-order valence-corrected chi connectivity index (χ1v) is 11.3. The van der Waals surface area contributed by atoms with Crippen LogP contribution in [0.25, 0.3) is 10.6 Å². The van der Waals surface area contributed by atoms with Crippen LogP contribution in [0.1, 0.15) is 28.2 Å². The molecule has 0 saturated heterocycles. The van der Waals surface area contributed by atoms with Crippen molar-refractivity contribution >= 4 is 23.0 Å². The molecule has 2 aliphatic rings. The summed E-state index contributed by atoms with van der Waals surface area (Å²) in [6.45, 7) is 0. The van der Waals surface area contributed by atoms with Crippen LogP contribution in [0.2, 0.25) is 0 Å². The average Bonchev–Trinajstić information content (AvgIpc) is 3.53.